The molecule has 1 heterocycles. The van der Waals surface area contributed by atoms with Gasteiger partial charge in [-0.3, -0.25) is 4.98 Å². The van der Waals surface area contributed by atoms with Crippen molar-refractivity contribution in [3.63, 3.8) is 0 Å². The summed E-state index contributed by atoms with van der Waals surface area (Å²) < 4.78 is 0.961. The molecule has 0 aliphatic heterocycles. The van der Waals surface area contributed by atoms with Crippen LogP contribution in [0, 0.1) is 18.3 Å². The van der Waals surface area contributed by atoms with Gasteiger partial charge in [0.05, 0.1) is 11.1 Å². The Balaban J connectivity index is 2.89. The lowest BCUT2D eigenvalue weighted by Crippen LogP contribution is -1.86. The van der Waals surface area contributed by atoms with Gasteiger partial charge in [0.1, 0.15) is 6.07 Å². The Bertz CT molecular complexity index is 541. The molecular weight excluding hydrogens is 240 g/mol. The highest BCUT2D eigenvalue weighted by atomic mass is 79.9. The van der Waals surface area contributed by atoms with Crippen molar-refractivity contribution in [2.24, 2.45) is 0 Å². The van der Waals surface area contributed by atoms with Crippen LogP contribution in [0.3, 0.4) is 0 Å². The predicted molar refractivity (Wildman–Crippen MR) is 58.9 cm³/mol. The second kappa shape index (κ2) is 3.39. The minimum atomic E-state index is 0.596. The zero-order valence-corrected chi connectivity index (χ0v) is 9.17. The van der Waals surface area contributed by atoms with Crippen LogP contribution in [0.25, 0.3) is 10.9 Å². The van der Waals surface area contributed by atoms with Gasteiger partial charge in [-0.25, -0.2) is 0 Å². The molecule has 2 rings (SSSR count). The monoisotopic (exact) mass is 246 g/mol. The highest BCUT2D eigenvalue weighted by Gasteiger charge is 2.03. The molecule has 0 aliphatic carbocycles. The van der Waals surface area contributed by atoms with Gasteiger partial charge in [0.2, 0.25) is 0 Å². The van der Waals surface area contributed by atoms with Crippen molar-refractivity contribution in [1.82, 2.24) is 4.98 Å². The number of rotatable bonds is 0. The molecule has 0 bridgehead atoms. The molecule has 0 radical (unpaired) electrons. The fourth-order valence-corrected chi connectivity index (χ4v) is 1.83. The first-order valence-electron chi connectivity index (χ1n) is 4.17. The maximum Gasteiger partial charge on any atom is 0.101 e. The summed E-state index contributed by atoms with van der Waals surface area (Å²) in [7, 11) is 0. The Morgan fingerprint density at radius 3 is 2.93 bits per heavy atom. The Morgan fingerprint density at radius 1 is 1.43 bits per heavy atom. The van der Waals surface area contributed by atoms with Crippen molar-refractivity contribution < 1.29 is 0 Å². The smallest absolute Gasteiger partial charge is 0.101 e. The van der Waals surface area contributed by atoms with E-state index in [1.165, 1.54) is 0 Å². The number of pyridine rings is 1. The molecule has 0 fully saturated rings. The molecule has 0 unspecified atom stereocenters. The number of aromatic nitrogens is 1. The van der Waals surface area contributed by atoms with Gasteiger partial charge in [0.15, 0.2) is 0 Å². The molecule has 0 amide bonds. The number of nitrogens with zero attached hydrogens (tertiary/aromatic N) is 2. The van der Waals surface area contributed by atoms with Crippen LogP contribution in [0.5, 0.6) is 0 Å². The summed E-state index contributed by atoms with van der Waals surface area (Å²) in [6.07, 6.45) is 1.59. The molecule has 14 heavy (non-hydrogen) atoms. The second-order valence-corrected chi connectivity index (χ2v) is 3.95. The van der Waals surface area contributed by atoms with Crippen molar-refractivity contribution in [2.45, 2.75) is 6.92 Å². The molecule has 68 valence electrons. The quantitative estimate of drug-likeness (QED) is 0.716. The van der Waals surface area contributed by atoms with Gasteiger partial charge in [0.25, 0.3) is 0 Å². The van der Waals surface area contributed by atoms with E-state index in [9.17, 15) is 0 Å². The third kappa shape index (κ3) is 1.38. The van der Waals surface area contributed by atoms with E-state index in [4.69, 9.17) is 5.26 Å². The van der Waals surface area contributed by atoms with Gasteiger partial charge >= 0.3 is 0 Å². The van der Waals surface area contributed by atoms with Gasteiger partial charge in [-0.1, -0.05) is 6.07 Å². The first-order chi connectivity index (χ1) is 6.72. The Kier molecular flexibility index (Phi) is 2.22. The zero-order valence-electron chi connectivity index (χ0n) is 7.58. The second-order valence-electron chi connectivity index (χ2n) is 3.10. The van der Waals surface area contributed by atoms with E-state index in [0.29, 0.717) is 5.56 Å². The molecule has 2 aromatic rings. The van der Waals surface area contributed by atoms with Gasteiger partial charge in [-0.2, -0.15) is 5.26 Å². The van der Waals surface area contributed by atoms with Crippen LogP contribution in [-0.2, 0) is 0 Å². The fourth-order valence-electron chi connectivity index (χ4n) is 1.38. The summed E-state index contributed by atoms with van der Waals surface area (Å²) in [4.78, 5) is 4.24. The van der Waals surface area contributed by atoms with E-state index in [1.54, 1.807) is 6.20 Å². The van der Waals surface area contributed by atoms with Gasteiger partial charge < -0.3 is 0 Å². The number of nitriles is 1. The molecular formula is C11H7BrN2. The van der Waals surface area contributed by atoms with Crippen LogP contribution >= 0.6 is 15.9 Å². The minimum absolute atomic E-state index is 0.596. The lowest BCUT2D eigenvalue weighted by molar-refractivity contribution is 1.35. The Labute approximate surface area is 90.3 Å². The number of benzene rings is 1. The highest BCUT2D eigenvalue weighted by molar-refractivity contribution is 9.10. The minimum Gasteiger partial charge on any atom is -0.254 e. The molecule has 0 saturated carbocycles. The summed E-state index contributed by atoms with van der Waals surface area (Å²) in [6, 6.07) is 7.93. The van der Waals surface area contributed by atoms with E-state index < -0.39 is 0 Å². The predicted octanol–water partition coefficient (Wildman–Crippen LogP) is 3.18. The number of halogens is 1. The van der Waals surface area contributed by atoms with E-state index >= 15 is 0 Å². The van der Waals surface area contributed by atoms with Gasteiger partial charge in [0, 0.05) is 16.1 Å². The van der Waals surface area contributed by atoms with Crippen molar-refractivity contribution in [2.75, 3.05) is 0 Å². The average molecular weight is 247 g/mol. The van der Waals surface area contributed by atoms with Crippen molar-refractivity contribution in [3.05, 3.63) is 40.0 Å². The number of hydrogen-bond donors (Lipinski definition) is 0. The van der Waals surface area contributed by atoms with Crippen LogP contribution in [-0.4, -0.2) is 4.98 Å². The number of fused-ring (bicyclic) bond motifs is 1. The maximum atomic E-state index is 8.76. The van der Waals surface area contributed by atoms with E-state index in [0.717, 1.165) is 20.9 Å². The van der Waals surface area contributed by atoms with Gasteiger partial charge in [-0.15, -0.1) is 0 Å². The van der Waals surface area contributed by atoms with Crippen molar-refractivity contribution >= 4 is 26.8 Å². The van der Waals surface area contributed by atoms with Crippen LogP contribution in [0.2, 0.25) is 0 Å². The topological polar surface area (TPSA) is 36.7 Å². The third-order valence-electron chi connectivity index (χ3n) is 2.15. The molecule has 0 aliphatic rings. The largest absolute Gasteiger partial charge is 0.254 e. The summed E-state index contributed by atoms with van der Waals surface area (Å²) in [5, 5.41) is 9.78. The Morgan fingerprint density at radius 2 is 2.21 bits per heavy atom. The first-order valence-corrected chi connectivity index (χ1v) is 4.96. The van der Waals surface area contributed by atoms with Gasteiger partial charge in [-0.05, 0) is 40.5 Å². The van der Waals surface area contributed by atoms with Crippen molar-refractivity contribution in [1.29, 1.82) is 5.26 Å². The average Bonchev–Trinajstić information content (AvgIpc) is 2.23. The first kappa shape index (κ1) is 9.17. The molecule has 1 aromatic carbocycles. The molecule has 0 saturated heterocycles. The third-order valence-corrected chi connectivity index (χ3v) is 2.79. The van der Waals surface area contributed by atoms with Crippen LogP contribution in [0.15, 0.2) is 28.9 Å². The molecule has 3 heteroatoms. The summed E-state index contributed by atoms with van der Waals surface area (Å²) in [5.41, 5.74) is 2.63. The summed E-state index contributed by atoms with van der Waals surface area (Å²) >= 11 is 3.43. The number of hydrogen-bond acceptors (Lipinski definition) is 2. The molecule has 0 N–H and O–H groups in total. The SMILES string of the molecule is Cc1ccc(Br)c2ncc(C#N)cc12. The van der Waals surface area contributed by atoms with E-state index in [1.807, 2.05) is 25.1 Å². The van der Waals surface area contributed by atoms with Crippen molar-refractivity contribution in [3.8, 4) is 6.07 Å². The van der Waals surface area contributed by atoms with Crippen LogP contribution in [0.4, 0.5) is 0 Å². The molecule has 0 spiro atoms. The normalized spacial score (nSPS) is 10.1. The van der Waals surface area contributed by atoms with Crippen LogP contribution < -0.4 is 0 Å². The lowest BCUT2D eigenvalue weighted by atomic mass is 10.1. The fraction of sp³-hybridized carbons (Fsp3) is 0.0909. The standard InChI is InChI=1S/C11H7BrN2/c1-7-2-3-10(12)11-9(7)4-8(5-13)6-14-11/h2-4,6H,1H3. The van der Waals surface area contributed by atoms with Crippen LogP contribution in [0.1, 0.15) is 11.1 Å². The lowest BCUT2D eigenvalue weighted by Gasteiger charge is -2.03. The molecule has 2 nitrogen and oxygen atoms in total. The van der Waals surface area contributed by atoms with E-state index in [-0.39, 0.29) is 0 Å². The summed E-state index contributed by atoms with van der Waals surface area (Å²) in [6.45, 7) is 2.01. The van der Waals surface area contributed by atoms with E-state index in [2.05, 4.69) is 27.0 Å². The molecule has 1 aromatic heterocycles. The zero-order chi connectivity index (χ0) is 10.1. The number of aryl methyl sites for hydroxylation is 1. The Hall–Kier alpha value is -1.40. The summed E-state index contributed by atoms with van der Waals surface area (Å²) in [5.74, 6) is 0. The maximum absolute atomic E-state index is 8.76. The highest BCUT2D eigenvalue weighted by Crippen LogP contribution is 2.25. The molecule has 0 atom stereocenters.